The van der Waals surface area contributed by atoms with E-state index in [4.69, 9.17) is 24.9 Å². The maximum absolute atomic E-state index is 11.4. The van der Waals surface area contributed by atoms with E-state index in [9.17, 15) is 4.79 Å². The molecule has 0 radical (unpaired) electrons. The molecule has 0 bridgehead atoms. The second-order valence-electron chi connectivity index (χ2n) is 9.56. The Morgan fingerprint density at radius 2 is 1.83 bits per heavy atom. The highest BCUT2D eigenvalue weighted by atomic mass is 16.5. The lowest BCUT2D eigenvalue weighted by atomic mass is 10.0. The Kier molecular flexibility index (Phi) is 7.74. The fourth-order valence-electron chi connectivity index (χ4n) is 5.06. The van der Waals surface area contributed by atoms with Crippen molar-refractivity contribution in [2.75, 3.05) is 62.8 Å². The number of likely N-dealkylation sites (tertiary alicyclic amines) is 1. The summed E-state index contributed by atoms with van der Waals surface area (Å²) in [4.78, 5) is 26.1. The Morgan fingerprint density at radius 1 is 1.08 bits per heavy atom. The zero-order valence-electron chi connectivity index (χ0n) is 20.9. The molecule has 4 heterocycles. The van der Waals surface area contributed by atoms with Crippen LogP contribution in [0.4, 0.5) is 11.5 Å². The lowest BCUT2D eigenvalue weighted by Crippen LogP contribution is -2.37. The van der Waals surface area contributed by atoms with Gasteiger partial charge in [0.2, 0.25) is 5.91 Å². The zero-order chi connectivity index (χ0) is 24.9. The first-order chi connectivity index (χ1) is 17.6. The number of aromatic nitrogens is 4. The van der Waals surface area contributed by atoms with E-state index in [-0.39, 0.29) is 12.5 Å². The van der Waals surface area contributed by atoms with Crippen LogP contribution < -0.4 is 10.2 Å². The van der Waals surface area contributed by atoms with E-state index in [0.29, 0.717) is 25.1 Å². The molecule has 2 saturated heterocycles. The highest BCUT2D eigenvalue weighted by molar-refractivity contribution is 5.90. The molecule has 192 valence electrons. The summed E-state index contributed by atoms with van der Waals surface area (Å²) >= 11 is 0. The molecule has 0 saturated carbocycles. The van der Waals surface area contributed by atoms with Gasteiger partial charge >= 0.3 is 0 Å². The van der Waals surface area contributed by atoms with E-state index in [1.165, 1.54) is 6.92 Å². The number of morpholine rings is 1. The molecule has 1 aromatic carbocycles. The number of unbranched alkanes of at least 4 members (excludes halogenated alkanes) is 1. The minimum Gasteiger partial charge on any atom is -0.396 e. The fourth-order valence-corrected chi connectivity index (χ4v) is 5.06. The van der Waals surface area contributed by atoms with E-state index < -0.39 is 0 Å². The second kappa shape index (κ2) is 11.3. The number of anilines is 2. The molecule has 2 aliphatic rings. The number of fused-ring (bicyclic) bond motifs is 1. The Bertz CT molecular complexity index is 1170. The maximum atomic E-state index is 11.4. The van der Waals surface area contributed by atoms with Crippen LogP contribution in [0, 0.1) is 0 Å². The highest BCUT2D eigenvalue weighted by Gasteiger charge is 2.26. The molecule has 2 aliphatic heterocycles. The number of carbonyl (C=O) groups excluding carboxylic acids is 1. The van der Waals surface area contributed by atoms with Gasteiger partial charge in [0.05, 0.1) is 30.8 Å². The largest absolute Gasteiger partial charge is 0.396 e. The summed E-state index contributed by atoms with van der Waals surface area (Å²) < 4.78 is 7.68. The Balaban J connectivity index is 1.45. The number of aliphatic hydroxyl groups is 1. The summed E-state index contributed by atoms with van der Waals surface area (Å²) in [6.45, 7) is 7.76. The van der Waals surface area contributed by atoms with Crippen molar-refractivity contribution in [1.82, 2.24) is 24.6 Å². The zero-order valence-corrected chi connectivity index (χ0v) is 20.9. The van der Waals surface area contributed by atoms with Crippen molar-refractivity contribution in [2.24, 2.45) is 0 Å². The van der Waals surface area contributed by atoms with Gasteiger partial charge in [-0.1, -0.05) is 0 Å². The number of ether oxygens (including phenoxy) is 1. The normalized spacial score (nSPS) is 17.6. The smallest absolute Gasteiger partial charge is 0.221 e. The van der Waals surface area contributed by atoms with Crippen LogP contribution in [-0.2, 0) is 9.53 Å². The average Bonchev–Trinajstić information content (AvgIpc) is 3.33. The molecule has 1 amide bonds. The average molecular weight is 494 g/mol. The van der Waals surface area contributed by atoms with Crippen molar-refractivity contribution >= 4 is 28.4 Å². The molecule has 36 heavy (non-hydrogen) atoms. The van der Waals surface area contributed by atoms with Crippen LogP contribution in [0.5, 0.6) is 0 Å². The molecule has 5 rings (SSSR count). The van der Waals surface area contributed by atoms with Crippen LogP contribution in [0.15, 0.2) is 30.5 Å². The number of piperidine rings is 1. The Labute approximate surface area is 211 Å². The first-order valence-corrected chi connectivity index (χ1v) is 12.9. The van der Waals surface area contributed by atoms with Crippen LogP contribution in [0.1, 0.15) is 38.6 Å². The third-order valence-electron chi connectivity index (χ3n) is 6.99. The first-order valence-electron chi connectivity index (χ1n) is 12.9. The van der Waals surface area contributed by atoms with Crippen LogP contribution in [-0.4, -0.2) is 88.2 Å². The van der Waals surface area contributed by atoms with Crippen molar-refractivity contribution in [2.45, 2.75) is 38.6 Å². The molecule has 0 unspecified atom stereocenters. The number of benzene rings is 1. The Hall–Kier alpha value is -3.08. The summed E-state index contributed by atoms with van der Waals surface area (Å²) in [5.41, 5.74) is 2.51. The fraction of sp³-hybridized carbons (Fsp3) is 0.538. The molecule has 2 aromatic heterocycles. The summed E-state index contributed by atoms with van der Waals surface area (Å²) in [5.74, 6) is 1.46. The standard InChI is InChI=1S/C26H35N7O3/c1-19(35)28-21-6-4-20(5-7-21)24-29-25(32-13-16-36-17-14-32)23-18-27-33(26(23)30-24)22-8-11-31(12-9-22)10-2-3-15-34/h4-7,18,22,34H,2-3,8-17H2,1H3,(H,28,35). The summed E-state index contributed by atoms with van der Waals surface area (Å²) in [6.07, 6.45) is 5.85. The quantitative estimate of drug-likeness (QED) is 0.461. The molecule has 2 N–H and O–H groups in total. The number of rotatable bonds is 8. The number of hydrogen-bond acceptors (Lipinski definition) is 8. The molecular weight excluding hydrogens is 458 g/mol. The van der Waals surface area contributed by atoms with Crippen molar-refractivity contribution in [1.29, 1.82) is 0 Å². The molecule has 0 spiro atoms. The molecule has 10 heteroatoms. The SMILES string of the molecule is CC(=O)Nc1ccc(-c2nc(N3CCOCC3)c3cnn(C4CCN(CCCCO)CC4)c3n2)cc1. The molecule has 0 aliphatic carbocycles. The maximum Gasteiger partial charge on any atom is 0.221 e. The molecule has 3 aromatic rings. The minimum atomic E-state index is -0.0987. The summed E-state index contributed by atoms with van der Waals surface area (Å²) in [5, 5.41) is 17.7. The molecule has 0 atom stereocenters. The predicted octanol–water partition coefficient (Wildman–Crippen LogP) is 2.70. The van der Waals surface area contributed by atoms with Gasteiger partial charge < -0.3 is 25.0 Å². The molecule has 10 nitrogen and oxygen atoms in total. The van der Waals surface area contributed by atoms with Crippen molar-refractivity contribution in [3.63, 3.8) is 0 Å². The lowest BCUT2D eigenvalue weighted by molar-refractivity contribution is -0.114. The topological polar surface area (TPSA) is 109 Å². The number of nitrogens with one attached hydrogen (secondary N) is 1. The van der Waals surface area contributed by atoms with Crippen molar-refractivity contribution in [3.8, 4) is 11.4 Å². The van der Waals surface area contributed by atoms with Gasteiger partial charge in [0.1, 0.15) is 5.82 Å². The van der Waals surface area contributed by atoms with E-state index in [1.807, 2.05) is 30.5 Å². The van der Waals surface area contributed by atoms with E-state index in [2.05, 4.69) is 19.8 Å². The van der Waals surface area contributed by atoms with Crippen LogP contribution in [0.25, 0.3) is 22.4 Å². The van der Waals surface area contributed by atoms with E-state index in [1.54, 1.807) is 0 Å². The molecule has 2 fully saturated rings. The third kappa shape index (κ3) is 5.50. The highest BCUT2D eigenvalue weighted by Crippen LogP contribution is 2.32. The van der Waals surface area contributed by atoms with Gasteiger partial charge in [-0.25, -0.2) is 14.6 Å². The van der Waals surface area contributed by atoms with Gasteiger partial charge in [-0.05, 0) is 56.5 Å². The van der Waals surface area contributed by atoms with E-state index in [0.717, 1.165) is 86.5 Å². The van der Waals surface area contributed by atoms with Gasteiger partial charge in [0.15, 0.2) is 11.5 Å². The monoisotopic (exact) mass is 493 g/mol. The number of hydrogen-bond donors (Lipinski definition) is 2. The van der Waals surface area contributed by atoms with Gasteiger partial charge in [-0.15, -0.1) is 0 Å². The van der Waals surface area contributed by atoms with Gasteiger partial charge in [0, 0.05) is 51.0 Å². The number of aliphatic hydroxyl groups excluding tert-OH is 1. The van der Waals surface area contributed by atoms with Crippen molar-refractivity contribution < 1.29 is 14.6 Å². The minimum absolute atomic E-state index is 0.0987. The molecular formula is C26H35N7O3. The number of carbonyl (C=O) groups is 1. The number of amides is 1. The van der Waals surface area contributed by atoms with Crippen LogP contribution >= 0.6 is 0 Å². The first kappa shape index (κ1) is 24.6. The Morgan fingerprint density at radius 3 is 2.53 bits per heavy atom. The van der Waals surface area contributed by atoms with Crippen LogP contribution in [0.3, 0.4) is 0 Å². The lowest BCUT2D eigenvalue weighted by Gasteiger charge is -2.32. The van der Waals surface area contributed by atoms with Gasteiger partial charge in [-0.3, -0.25) is 4.79 Å². The summed E-state index contributed by atoms with van der Waals surface area (Å²) in [6, 6.07) is 7.94. The van der Waals surface area contributed by atoms with Crippen LogP contribution in [0.2, 0.25) is 0 Å². The van der Waals surface area contributed by atoms with E-state index >= 15 is 0 Å². The van der Waals surface area contributed by atoms with Gasteiger partial charge in [-0.2, -0.15) is 5.10 Å². The van der Waals surface area contributed by atoms with Crippen molar-refractivity contribution in [3.05, 3.63) is 30.5 Å². The third-order valence-corrected chi connectivity index (χ3v) is 6.99. The van der Waals surface area contributed by atoms with Gasteiger partial charge in [0.25, 0.3) is 0 Å². The second-order valence-corrected chi connectivity index (χ2v) is 9.56. The number of nitrogens with zero attached hydrogens (tertiary/aromatic N) is 6. The predicted molar refractivity (Wildman–Crippen MR) is 139 cm³/mol. The summed E-state index contributed by atoms with van der Waals surface area (Å²) in [7, 11) is 0.